The molecule has 31 nitrogen and oxygen atoms in total. The van der Waals surface area contributed by atoms with Gasteiger partial charge in [0.1, 0.15) is 65.6 Å². The normalized spacial score (nSPS) is 18.1. The summed E-state index contributed by atoms with van der Waals surface area (Å²) in [5.74, 6) is 3.13. The number of nitriles is 4. The summed E-state index contributed by atoms with van der Waals surface area (Å²) in [5, 5.41) is 37.4. The summed E-state index contributed by atoms with van der Waals surface area (Å²) in [6.07, 6.45) is 5.16. The molecule has 16 rings (SSSR count). The van der Waals surface area contributed by atoms with Gasteiger partial charge in [0.05, 0.1) is 63.4 Å². The number of fused-ring (bicyclic) bond motifs is 2. The summed E-state index contributed by atoms with van der Waals surface area (Å²) in [4.78, 5) is 14.3. The first-order chi connectivity index (χ1) is 65.9. The smallest absolute Gasteiger partial charge is 0.253 e. The molecular weight excluding hydrogens is 1920 g/mol. The van der Waals surface area contributed by atoms with Crippen molar-refractivity contribution >= 4 is 76.1 Å². The third-order valence-electron chi connectivity index (χ3n) is 26.2. The van der Waals surface area contributed by atoms with Crippen LogP contribution in [0.4, 0.5) is 0 Å². The number of carbonyl (C=O) groups excluding carboxylic acids is 1. The number of hydrogen-bond donors (Lipinski definition) is 0. The number of amides is 1. The lowest BCUT2D eigenvalue weighted by molar-refractivity contribution is 0.0697. The Morgan fingerprint density at radius 1 is 0.314 bits per heavy atom. The monoisotopic (exact) mass is 2030 g/mol. The van der Waals surface area contributed by atoms with E-state index in [-0.39, 0.29) is 197 Å². The number of sulfonamides is 7. The van der Waals surface area contributed by atoms with Crippen LogP contribution in [0.15, 0.2) is 219 Å². The van der Waals surface area contributed by atoms with Gasteiger partial charge in [0, 0.05) is 110 Å². The molecule has 4 aliphatic heterocycles. The number of piperazine rings is 4. The van der Waals surface area contributed by atoms with Gasteiger partial charge in [0.15, 0.2) is 0 Å². The molecule has 0 aromatic heterocycles. The van der Waals surface area contributed by atoms with E-state index in [1.807, 2.05) is 154 Å². The van der Waals surface area contributed by atoms with Crippen LogP contribution in [-0.2, 0) is 70.2 Å². The number of ether oxygens (including phenoxy) is 4. The van der Waals surface area contributed by atoms with Gasteiger partial charge >= 0.3 is 0 Å². The first kappa shape index (κ1) is 106. The number of aryl methyl sites for hydroxylation is 10. The predicted molar refractivity (Wildman–Crippen MR) is 531 cm³/mol. The first-order valence-electron chi connectivity index (χ1n) is 45.5. The second kappa shape index (κ2) is 42.9. The minimum Gasteiger partial charge on any atom is -0.456 e. The summed E-state index contributed by atoms with van der Waals surface area (Å²) in [7, 11) is -26.7. The van der Waals surface area contributed by atoms with Crippen molar-refractivity contribution in [1.29, 1.82) is 21.0 Å². The van der Waals surface area contributed by atoms with Crippen molar-refractivity contribution in [2.24, 2.45) is 16.7 Å². The Labute approximate surface area is 823 Å². The number of carbonyl (C=O) groups is 1. The highest BCUT2D eigenvalue weighted by Gasteiger charge is 2.61. The lowest BCUT2D eigenvalue weighted by atomic mass is 9.71. The molecule has 6 aliphatic rings. The van der Waals surface area contributed by atoms with Crippen LogP contribution in [0.3, 0.4) is 0 Å². The molecule has 6 fully saturated rings. The number of nitrogens with zero attached hydrogens (tertiary/aromatic N) is 12. The zero-order valence-electron chi connectivity index (χ0n) is 80.4. The van der Waals surface area contributed by atoms with E-state index in [1.54, 1.807) is 65.6 Å². The van der Waals surface area contributed by atoms with Crippen LogP contribution in [0, 0.1) is 131 Å². The average molecular weight is 2040 g/mol. The molecule has 0 atom stereocenters. The van der Waals surface area contributed by atoms with Crippen LogP contribution in [0.2, 0.25) is 0 Å². The molecule has 0 spiro atoms. The van der Waals surface area contributed by atoms with Gasteiger partial charge in [-0.05, 0) is 302 Å². The summed E-state index contributed by atoms with van der Waals surface area (Å²) < 4.78 is 218. The number of rotatable bonds is 23. The standard InChI is InChI=1S/C29H37N3O5S2.C27H27N3O4S.C26H27N3O5S2.C20H23N3O5S2/c1-21-15-22(2)17-25(16-21)37-26-6-5-23(19-30)18-27(26)39(35,36)32-13-11-31(12-14-32)38(33,34)20-29-9-7-24(8-10-29)28(29,3)4;1-19-4-7-23(8-5-19)27(31)29-10-12-30(13-11-29)35(32,33)26-17-22(18-28)6-9-25(26)34-24-15-20(2)14-21(3)16-24;1-19-4-7-24(8-5-19)35(30,31)28-10-12-29(13-11-28)36(32,33)26-17-22(18-27)6-9-25(26)34-23-15-20(2)14-21(3)16-23;1-15-10-16(2)12-18(11-15)28-19-5-4-17(14-21)13-20(19)30(26,27)23-8-6-22(7-9-23)29(3,24)25/h5-6,15-18,24H,7-14,20H2,1-4H3;4-9,14-17H,10-13H2,1-3H3;4-9,14-17H,10-13H2,1-3H3;4-5,10-13H,6-9H2,1-3H3. The molecule has 2 aliphatic carbocycles. The largest absolute Gasteiger partial charge is 0.456 e. The molecule has 0 unspecified atom stereocenters. The van der Waals surface area contributed by atoms with Crippen LogP contribution in [0.1, 0.15) is 128 Å². The summed E-state index contributed by atoms with van der Waals surface area (Å²) in [6, 6.07) is 61.6. The van der Waals surface area contributed by atoms with E-state index in [2.05, 4.69) is 13.8 Å². The van der Waals surface area contributed by atoms with Gasteiger partial charge in [-0.2, -0.15) is 51.2 Å². The van der Waals surface area contributed by atoms with E-state index in [0.717, 1.165) is 87.6 Å². The van der Waals surface area contributed by atoms with Crippen molar-refractivity contribution in [1.82, 2.24) is 35.0 Å². The van der Waals surface area contributed by atoms with E-state index in [0.29, 0.717) is 34.5 Å². The van der Waals surface area contributed by atoms with E-state index >= 15 is 0 Å². The number of benzene rings is 10. The third kappa shape index (κ3) is 24.3. The molecule has 2 saturated carbocycles. The maximum absolute atomic E-state index is 13.8. The fraction of sp³-hybridized carbons (Fsp3) is 0.363. The van der Waals surface area contributed by atoms with Gasteiger partial charge in [0.2, 0.25) is 70.2 Å². The maximum Gasteiger partial charge on any atom is 0.253 e. The quantitative estimate of drug-likeness (QED) is 0.0574. The van der Waals surface area contributed by atoms with Crippen molar-refractivity contribution in [2.75, 3.05) is 117 Å². The van der Waals surface area contributed by atoms with Gasteiger partial charge in [-0.3, -0.25) is 4.79 Å². The van der Waals surface area contributed by atoms with Gasteiger partial charge in [-0.15, -0.1) is 0 Å². The average Bonchev–Trinajstić information content (AvgIpc) is 1.56. The minimum absolute atomic E-state index is 0.00320. The van der Waals surface area contributed by atoms with Gasteiger partial charge in [0.25, 0.3) is 5.91 Å². The van der Waals surface area contributed by atoms with Gasteiger partial charge in [-0.1, -0.05) is 73.5 Å². The Balaban J connectivity index is 0.000000158. The molecule has 38 heteroatoms. The first-order valence-corrected chi connectivity index (χ1v) is 56.2. The van der Waals surface area contributed by atoms with Crippen LogP contribution < -0.4 is 18.9 Å². The van der Waals surface area contributed by atoms with Gasteiger partial charge in [-0.25, -0.2) is 58.9 Å². The Hall–Kier alpha value is -11.8. The Morgan fingerprint density at radius 2 is 0.564 bits per heavy atom. The van der Waals surface area contributed by atoms with Crippen LogP contribution in [0.5, 0.6) is 46.0 Å². The van der Waals surface area contributed by atoms with Gasteiger partial charge < -0.3 is 23.8 Å². The highest BCUT2D eigenvalue weighted by molar-refractivity contribution is 7.91. The Morgan fingerprint density at radius 3 is 0.821 bits per heavy atom. The summed E-state index contributed by atoms with van der Waals surface area (Å²) in [5.41, 5.74) is 11.0. The molecule has 10 aromatic carbocycles. The Kier molecular flexibility index (Phi) is 32.4. The summed E-state index contributed by atoms with van der Waals surface area (Å²) in [6.45, 7) is 25.0. The fourth-order valence-electron chi connectivity index (χ4n) is 18.7. The van der Waals surface area contributed by atoms with E-state index < -0.39 is 70.2 Å². The molecule has 0 N–H and O–H groups in total. The lowest BCUT2D eigenvalue weighted by Crippen LogP contribution is -2.52. The molecule has 10 aromatic rings. The highest BCUT2D eigenvalue weighted by atomic mass is 32.2. The van der Waals surface area contributed by atoms with Crippen LogP contribution in [-0.4, -0.2) is 217 Å². The lowest BCUT2D eigenvalue weighted by Gasteiger charge is -2.40. The SMILES string of the molecule is Cc1cc(C)cc(Oc2ccc(C#N)cc2S(=O)(=O)N2CCN(S(=O)(=O)CC34CCC(CC3)C4(C)C)CC2)c1.Cc1cc(C)cc(Oc2ccc(C#N)cc2S(=O)(=O)N2CCN(S(C)(=O)=O)CC2)c1.Cc1ccc(C(=O)N2CCN(S(=O)(=O)c3cc(C#N)ccc3Oc3cc(C)cc(C)c3)CC2)cc1.Cc1ccc(S(=O)(=O)N2CCN(S(=O)(=O)c3cc(C#N)ccc3Oc3cc(C)cc(C)c3)CC2)cc1. The third-order valence-corrected chi connectivity index (χ3v) is 39.1. The second-order valence-corrected chi connectivity index (χ2v) is 50.4. The van der Waals surface area contributed by atoms with Crippen molar-refractivity contribution < 1.29 is 82.7 Å². The zero-order chi connectivity index (χ0) is 102. The molecule has 738 valence electrons. The molecule has 4 saturated heterocycles. The molecular formula is C102H114N12O19S7. The van der Waals surface area contributed by atoms with Crippen molar-refractivity contribution in [3.8, 4) is 70.3 Å². The summed E-state index contributed by atoms with van der Waals surface area (Å²) >= 11 is 0. The molecule has 4 heterocycles. The van der Waals surface area contributed by atoms with E-state index in [1.165, 1.54) is 103 Å². The van der Waals surface area contributed by atoms with Crippen molar-refractivity contribution in [3.63, 3.8) is 0 Å². The van der Waals surface area contributed by atoms with Crippen molar-refractivity contribution in [3.05, 3.63) is 278 Å². The topological polar surface area (TPSA) is 414 Å². The van der Waals surface area contributed by atoms with E-state index in [9.17, 15) is 84.8 Å². The Bertz CT molecular complexity index is 7350. The minimum atomic E-state index is -4.07. The van der Waals surface area contributed by atoms with Crippen LogP contribution in [0.25, 0.3) is 0 Å². The number of hydrogen-bond acceptors (Lipinski definition) is 23. The van der Waals surface area contributed by atoms with E-state index in [4.69, 9.17) is 18.9 Å². The molecule has 140 heavy (non-hydrogen) atoms. The fourth-order valence-corrected chi connectivity index (χ4v) is 29.4. The molecule has 1 amide bonds. The molecule has 0 radical (unpaired) electrons. The molecule has 2 bridgehead atoms. The van der Waals surface area contributed by atoms with Crippen LogP contribution >= 0.6 is 0 Å². The predicted octanol–water partition coefficient (Wildman–Crippen LogP) is 15.4. The second-order valence-electron chi connectivity index (χ2n) is 36.9. The maximum atomic E-state index is 13.8. The van der Waals surface area contributed by atoms with Crippen molar-refractivity contribution in [2.45, 2.75) is 133 Å². The highest BCUT2D eigenvalue weighted by Crippen LogP contribution is 2.66. The zero-order valence-corrected chi connectivity index (χ0v) is 86.1.